The second-order valence-corrected chi connectivity index (χ2v) is 6.91. The van der Waals surface area contributed by atoms with Crippen molar-refractivity contribution in [3.63, 3.8) is 0 Å². The Morgan fingerprint density at radius 2 is 1.86 bits per heavy atom. The molecule has 2 aliphatic rings. The lowest BCUT2D eigenvalue weighted by Crippen LogP contribution is -2.43. The topological polar surface area (TPSA) is 47.1 Å². The van der Waals surface area contributed by atoms with Crippen LogP contribution in [0.2, 0.25) is 0 Å². The fraction of sp³-hybridized carbons (Fsp3) is 0.875. The summed E-state index contributed by atoms with van der Waals surface area (Å²) in [5.74, 6) is 1.09. The number of carbonyl (C=O) groups excluding carboxylic acids is 2. The summed E-state index contributed by atoms with van der Waals surface area (Å²) in [6.07, 6.45) is 2.27. The molecule has 0 N–H and O–H groups in total. The van der Waals surface area contributed by atoms with Crippen LogP contribution in [0, 0.1) is 5.92 Å². The summed E-state index contributed by atoms with van der Waals surface area (Å²) in [5.41, 5.74) is 0. The first-order chi connectivity index (χ1) is 10.5. The average Bonchev–Trinajstić information content (AvgIpc) is 2.63. The minimum absolute atomic E-state index is 0.261. The highest BCUT2D eigenvalue weighted by Gasteiger charge is 2.26. The molecule has 2 aliphatic heterocycles. The highest BCUT2D eigenvalue weighted by molar-refractivity contribution is 5.77. The first-order valence-corrected chi connectivity index (χ1v) is 8.34. The van der Waals surface area contributed by atoms with E-state index in [4.69, 9.17) is 0 Å². The minimum atomic E-state index is 0.261. The van der Waals surface area contributed by atoms with Gasteiger partial charge in [0.1, 0.15) is 0 Å². The maximum absolute atomic E-state index is 12.2. The van der Waals surface area contributed by atoms with Crippen molar-refractivity contribution in [2.75, 3.05) is 67.0 Å². The molecule has 0 aliphatic carbocycles. The second kappa shape index (κ2) is 7.92. The summed E-state index contributed by atoms with van der Waals surface area (Å²) in [7, 11) is 5.97. The van der Waals surface area contributed by atoms with Gasteiger partial charge < -0.3 is 19.6 Å². The Hall–Kier alpha value is -1.14. The van der Waals surface area contributed by atoms with Crippen molar-refractivity contribution in [3.05, 3.63) is 0 Å². The predicted octanol–water partition coefficient (Wildman–Crippen LogP) is -0.0493. The molecule has 6 nitrogen and oxygen atoms in total. The summed E-state index contributed by atoms with van der Waals surface area (Å²) >= 11 is 0. The molecule has 0 spiro atoms. The van der Waals surface area contributed by atoms with Gasteiger partial charge in [-0.25, -0.2) is 0 Å². The minimum Gasteiger partial charge on any atom is -0.345 e. The molecule has 2 heterocycles. The van der Waals surface area contributed by atoms with Gasteiger partial charge in [-0.2, -0.15) is 0 Å². The molecule has 0 aromatic heterocycles. The normalized spacial score (nSPS) is 25.0. The molecule has 0 aromatic rings. The molecule has 2 saturated heterocycles. The van der Waals surface area contributed by atoms with Crippen LogP contribution < -0.4 is 0 Å². The maximum atomic E-state index is 12.2. The molecule has 2 amide bonds. The van der Waals surface area contributed by atoms with E-state index in [-0.39, 0.29) is 11.8 Å². The number of likely N-dealkylation sites (N-methyl/N-ethyl adjacent to an activating group) is 1. The van der Waals surface area contributed by atoms with Crippen LogP contribution in [0.1, 0.15) is 19.3 Å². The van der Waals surface area contributed by atoms with Gasteiger partial charge in [0.25, 0.3) is 0 Å². The van der Waals surface area contributed by atoms with Crippen molar-refractivity contribution in [1.29, 1.82) is 0 Å². The third-order valence-electron chi connectivity index (χ3n) is 4.74. The van der Waals surface area contributed by atoms with Crippen LogP contribution >= 0.6 is 0 Å². The number of carbonyl (C=O) groups is 2. The van der Waals surface area contributed by atoms with Gasteiger partial charge in [-0.05, 0) is 26.4 Å². The number of rotatable bonds is 5. The summed E-state index contributed by atoms with van der Waals surface area (Å²) < 4.78 is 0. The van der Waals surface area contributed by atoms with Crippen molar-refractivity contribution >= 4 is 11.8 Å². The lowest BCUT2D eigenvalue weighted by atomic mass is 9.97. The van der Waals surface area contributed by atoms with Crippen molar-refractivity contribution in [2.24, 2.45) is 5.92 Å². The number of hydrogen-bond acceptors (Lipinski definition) is 4. The lowest BCUT2D eigenvalue weighted by Gasteiger charge is -2.33. The SMILES string of the molecule is CN(C)CCN1CCN(CC2CCC(=O)N(C)C2)CCC1=O. The first kappa shape index (κ1) is 17.2. The molecule has 2 rings (SSSR count). The second-order valence-electron chi connectivity index (χ2n) is 6.91. The monoisotopic (exact) mass is 310 g/mol. The molecule has 0 saturated carbocycles. The summed E-state index contributed by atoms with van der Waals surface area (Å²) in [6.45, 7) is 6.23. The lowest BCUT2D eigenvalue weighted by molar-refractivity contribution is -0.133. The summed E-state index contributed by atoms with van der Waals surface area (Å²) in [5, 5.41) is 0. The zero-order valence-electron chi connectivity index (χ0n) is 14.3. The Bertz CT molecular complexity index is 400. The Kier molecular flexibility index (Phi) is 6.20. The van der Waals surface area contributed by atoms with Crippen molar-refractivity contribution in [1.82, 2.24) is 19.6 Å². The fourth-order valence-electron chi connectivity index (χ4n) is 3.26. The van der Waals surface area contributed by atoms with E-state index in [1.807, 2.05) is 30.9 Å². The molecule has 22 heavy (non-hydrogen) atoms. The smallest absolute Gasteiger partial charge is 0.223 e. The highest BCUT2D eigenvalue weighted by Crippen LogP contribution is 2.18. The van der Waals surface area contributed by atoms with Gasteiger partial charge in [0.05, 0.1) is 0 Å². The third kappa shape index (κ3) is 4.95. The molecule has 126 valence electrons. The zero-order chi connectivity index (χ0) is 16.1. The molecular weight excluding hydrogens is 280 g/mol. The van der Waals surface area contributed by atoms with Gasteiger partial charge in [0.15, 0.2) is 0 Å². The van der Waals surface area contributed by atoms with Gasteiger partial charge in [-0.15, -0.1) is 0 Å². The van der Waals surface area contributed by atoms with Crippen LogP contribution in [0.4, 0.5) is 0 Å². The van der Waals surface area contributed by atoms with E-state index >= 15 is 0 Å². The molecule has 2 fully saturated rings. The van der Waals surface area contributed by atoms with Gasteiger partial charge in [-0.3, -0.25) is 9.59 Å². The molecule has 1 atom stereocenters. The first-order valence-electron chi connectivity index (χ1n) is 8.34. The number of nitrogens with zero attached hydrogens (tertiary/aromatic N) is 4. The maximum Gasteiger partial charge on any atom is 0.223 e. The van der Waals surface area contributed by atoms with Gasteiger partial charge in [0.2, 0.25) is 11.8 Å². The van der Waals surface area contributed by atoms with E-state index in [2.05, 4.69) is 9.80 Å². The Balaban J connectivity index is 1.79. The number of piperidine rings is 1. The zero-order valence-corrected chi connectivity index (χ0v) is 14.3. The number of likely N-dealkylation sites (tertiary alicyclic amines) is 1. The Morgan fingerprint density at radius 3 is 2.55 bits per heavy atom. The summed E-state index contributed by atoms with van der Waals surface area (Å²) in [6, 6.07) is 0. The van der Waals surface area contributed by atoms with Crippen LogP contribution in [-0.2, 0) is 9.59 Å². The highest BCUT2D eigenvalue weighted by atomic mass is 16.2. The average molecular weight is 310 g/mol. The van der Waals surface area contributed by atoms with E-state index < -0.39 is 0 Å². The number of hydrogen-bond donors (Lipinski definition) is 0. The van der Waals surface area contributed by atoms with Crippen LogP contribution in [0.25, 0.3) is 0 Å². The van der Waals surface area contributed by atoms with Crippen molar-refractivity contribution < 1.29 is 9.59 Å². The molecule has 0 radical (unpaired) electrons. The quantitative estimate of drug-likeness (QED) is 0.714. The molecule has 0 aromatic carbocycles. The molecule has 1 unspecified atom stereocenters. The molecular formula is C16H30N4O2. The van der Waals surface area contributed by atoms with E-state index in [0.29, 0.717) is 18.8 Å². The van der Waals surface area contributed by atoms with Gasteiger partial charge in [0, 0.05) is 65.7 Å². The van der Waals surface area contributed by atoms with Crippen molar-refractivity contribution in [3.8, 4) is 0 Å². The van der Waals surface area contributed by atoms with Gasteiger partial charge in [-0.1, -0.05) is 0 Å². The van der Waals surface area contributed by atoms with Gasteiger partial charge >= 0.3 is 0 Å². The van der Waals surface area contributed by atoms with Crippen molar-refractivity contribution in [2.45, 2.75) is 19.3 Å². The largest absolute Gasteiger partial charge is 0.345 e. The van der Waals surface area contributed by atoms with Crippen LogP contribution in [0.5, 0.6) is 0 Å². The van der Waals surface area contributed by atoms with Crippen LogP contribution in [0.3, 0.4) is 0 Å². The van der Waals surface area contributed by atoms with E-state index in [1.165, 1.54) is 0 Å². The standard InChI is InChI=1S/C16H30N4O2/c1-17(2)8-10-20-11-9-19(7-6-16(20)22)13-14-4-5-15(21)18(3)12-14/h14H,4-13H2,1-3H3. The van der Waals surface area contributed by atoms with E-state index in [9.17, 15) is 9.59 Å². The number of amides is 2. The van der Waals surface area contributed by atoms with E-state index in [0.717, 1.165) is 52.2 Å². The third-order valence-corrected chi connectivity index (χ3v) is 4.74. The van der Waals surface area contributed by atoms with Crippen LogP contribution in [0.15, 0.2) is 0 Å². The molecule has 0 bridgehead atoms. The fourth-order valence-corrected chi connectivity index (χ4v) is 3.26. The molecule has 6 heteroatoms. The van der Waals surface area contributed by atoms with E-state index in [1.54, 1.807) is 0 Å². The Morgan fingerprint density at radius 1 is 1.09 bits per heavy atom. The predicted molar refractivity (Wildman–Crippen MR) is 86.6 cm³/mol. The summed E-state index contributed by atoms with van der Waals surface area (Å²) in [4.78, 5) is 32.1. The van der Waals surface area contributed by atoms with Crippen LogP contribution in [-0.4, -0.2) is 98.4 Å². The Labute approximate surface area is 134 Å².